The Balaban J connectivity index is 0. The van der Waals surface area contributed by atoms with E-state index in [4.69, 9.17) is 0 Å². The first kappa shape index (κ1) is 16.3. The summed E-state index contributed by atoms with van der Waals surface area (Å²) in [4.78, 5) is 0. The van der Waals surface area contributed by atoms with Gasteiger partial charge in [-0.05, 0) is 12.8 Å². The third-order valence-electron chi connectivity index (χ3n) is 2.44. The maximum absolute atomic E-state index is 13.4. The number of hydrogen-bond donors (Lipinski definition) is 0. The van der Waals surface area contributed by atoms with Gasteiger partial charge in [0, 0.05) is 11.8 Å². The number of hydrogen-bond acceptors (Lipinski definition) is 0. The van der Waals surface area contributed by atoms with Crippen LogP contribution >= 0.6 is 0 Å². The Morgan fingerprint density at radius 1 is 1.07 bits per heavy atom. The first-order chi connectivity index (χ1) is 6.46. The molecule has 0 nitrogen and oxygen atoms in total. The maximum Gasteiger partial charge on any atom is 0.253 e. The molecule has 0 rings (SSSR count). The van der Waals surface area contributed by atoms with E-state index in [1.165, 1.54) is 0 Å². The molecule has 0 fully saturated rings. The molecule has 0 bridgehead atoms. The van der Waals surface area contributed by atoms with Crippen molar-refractivity contribution in [3.05, 3.63) is 0 Å². The molecule has 0 aliphatic heterocycles. The van der Waals surface area contributed by atoms with E-state index in [2.05, 4.69) is 0 Å². The van der Waals surface area contributed by atoms with Gasteiger partial charge in [0.25, 0.3) is 5.92 Å². The predicted octanol–water partition coefficient (Wildman–Crippen LogP) is 5.13. The molecule has 1 unspecified atom stereocenters. The van der Waals surface area contributed by atoms with Gasteiger partial charge in [-0.3, -0.25) is 0 Å². The molecule has 0 heterocycles. The Bertz CT molecular complexity index is 119. The summed E-state index contributed by atoms with van der Waals surface area (Å²) in [5.41, 5.74) is 0. The molecule has 0 radical (unpaired) electrons. The molecule has 0 aromatic heterocycles. The van der Waals surface area contributed by atoms with Crippen LogP contribution in [0.1, 0.15) is 60.8 Å². The minimum Gasteiger partial charge on any atom is -0.206 e. The van der Waals surface area contributed by atoms with Crippen molar-refractivity contribution in [2.75, 3.05) is 0 Å². The molecule has 0 saturated heterocycles. The van der Waals surface area contributed by atoms with E-state index in [9.17, 15) is 8.78 Å². The molecule has 0 aromatic carbocycles. The molecule has 0 N–H and O–H groups in total. The van der Waals surface area contributed by atoms with Crippen LogP contribution in [0.2, 0.25) is 0 Å². The van der Waals surface area contributed by atoms with Crippen molar-refractivity contribution in [2.45, 2.75) is 66.7 Å². The lowest BCUT2D eigenvalue weighted by Crippen LogP contribution is -2.33. The third-order valence-corrected chi connectivity index (χ3v) is 2.44. The summed E-state index contributed by atoms with van der Waals surface area (Å²) in [7, 11) is 0. The van der Waals surface area contributed by atoms with E-state index in [1.54, 1.807) is 13.8 Å². The first-order valence-corrected chi connectivity index (χ1v) is 5.84. The Hall–Kier alpha value is -0.140. The fraction of sp³-hybridized carbons (Fsp3) is 1.00. The highest BCUT2D eigenvalue weighted by Gasteiger charge is 2.40. The van der Waals surface area contributed by atoms with Crippen LogP contribution in [-0.2, 0) is 0 Å². The lowest BCUT2D eigenvalue weighted by atomic mass is 9.87. The van der Waals surface area contributed by atoms with Gasteiger partial charge in [-0.15, -0.1) is 0 Å². The molecular weight excluding hydrogens is 182 g/mol. The Morgan fingerprint density at radius 2 is 1.50 bits per heavy atom. The fourth-order valence-electron chi connectivity index (χ4n) is 1.49. The molecule has 0 aliphatic carbocycles. The van der Waals surface area contributed by atoms with E-state index in [0.29, 0.717) is 12.8 Å². The minimum atomic E-state index is -2.48. The van der Waals surface area contributed by atoms with Gasteiger partial charge in [0.1, 0.15) is 0 Å². The summed E-state index contributed by atoms with van der Waals surface area (Å²) >= 11 is 0. The SMILES string of the molecule is CC.CCCC(CC)C(F)(F)C(C)C. The van der Waals surface area contributed by atoms with Gasteiger partial charge >= 0.3 is 0 Å². The topological polar surface area (TPSA) is 0 Å². The van der Waals surface area contributed by atoms with E-state index >= 15 is 0 Å². The first-order valence-electron chi connectivity index (χ1n) is 5.84. The van der Waals surface area contributed by atoms with E-state index in [-0.39, 0.29) is 0 Å². The van der Waals surface area contributed by atoms with Crippen molar-refractivity contribution in [1.82, 2.24) is 0 Å². The van der Waals surface area contributed by atoms with Crippen molar-refractivity contribution in [1.29, 1.82) is 0 Å². The zero-order chi connectivity index (χ0) is 11.8. The Kier molecular flexibility index (Phi) is 9.53. The lowest BCUT2D eigenvalue weighted by Gasteiger charge is -2.28. The van der Waals surface area contributed by atoms with Crippen LogP contribution in [0.3, 0.4) is 0 Å². The monoisotopic (exact) mass is 208 g/mol. The zero-order valence-electron chi connectivity index (χ0n) is 10.5. The van der Waals surface area contributed by atoms with Gasteiger partial charge in [-0.25, -0.2) is 8.78 Å². The molecule has 14 heavy (non-hydrogen) atoms. The van der Waals surface area contributed by atoms with E-state index in [1.807, 2.05) is 27.7 Å². The van der Waals surface area contributed by atoms with Gasteiger partial charge in [-0.1, -0.05) is 48.0 Å². The lowest BCUT2D eigenvalue weighted by molar-refractivity contribution is -0.101. The molecular formula is C12H26F2. The van der Waals surface area contributed by atoms with E-state index in [0.717, 1.165) is 6.42 Å². The van der Waals surface area contributed by atoms with Crippen LogP contribution < -0.4 is 0 Å². The molecule has 88 valence electrons. The highest BCUT2D eigenvalue weighted by molar-refractivity contribution is 4.78. The molecule has 0 aliphatic rings. The second kappa shape index (κ2) is 8.19. The molecule has 0 spiro atoms. The van der Waals surface area contributed by atoms with Crippen molar-refractivity contribution in [3.8, 4) is 0 Å². The highest BCUT2D eigenvalue weighted by atomic mass is 19.3. The summed E-state index contributed by atoms with van der Waals surface area (Å²) in [6.07, 6.45) is 2.07. The molecule has 2 heteroatoms. The standard InChI is InChI=1S/C10H20F2.C2H6/c1-5-7-9(6-2)10(11,12)8(3)4;1-2/h8-9H,5-7H2,1-4H3;1-2H3. The molecule has 0 aromatic rings. The summed E-state index contributed by atoms with van der Waals surface area (Å²) in [5.74, 6) is -3.44. The van der Waals surface area contributed by atoms with Crippen molar-refractivity contribution < 1.29 is 8.78 Å². The minimum absolute atomic E-state index is 0.428. The fourth-order valence-corrected chi connectivity index (χ4v) is 1.49. The number of rotatable bonds is 5. The van der Waals surface area contributed by atoms with Gasteiger partial charge in [0.05, 0.1) is 0 Å². The van der Waals surface area contributed by atoms with Gasteiger partial charge in [0.15, 0.2) is 0 Å². The van der Waals surface area contributed by atoms with Crippen LogP contribution in [0.15, 0.2) is 0 Å². The summed E-state index contributed by atoms with van der Waals surface area (Å²) in [5, 5.41) is 0. The number of halogens is 2. The average molecular weight is 208 g/mol. The normalized spacial score (nSPS) is 13.5. The second-order valence-corrected chi connectivity index (χ2v) is 3.72. The maximum atomic E-state index is 13.4. The summed E-state index contributed by atoms with van der Waals surface area (Å²) in [6.45, 7) is 11.0. The highest BCUT2D eigenvalue weighted by Crippen LogP contribution is 2.36. The predicted molar refractivity (Wildman–Crippen MR) is 59.8 cm³/mol. The Labute approximate surface area is 88.1 Å². The zero-order valence-corrected chi connectivity index (χ0v) is 10.5. The van der Waals surface area contributed by atoms with Crippen LogP contribution in [0.4, 0.5) is 8.78 Å². The van der Waals surface area contributed by atoms with Crippen molar-refractivity contribution in [2.24, 2.45) is 11.8 Å². The van der Waals surface area contributed by atoms with Crippen molar-refractivity contribution >= 4 is 0 Å². The van der Waals surface area contributed by atoms with Crippen LogP contribution in [0.25, 0.3) is 0 Å². The van der Waals surface area contributed by atoms with Crippen LogP contribution in [0.5, 0.6) is 0 Å². The quantitative estimate of drug-likeness (QED) is 0.587. The third kappa shape index (κ3) is 4.92. The molecule has 1 atom stereocenters. The smallest absolute Gasteiger partial charge is 0.206 e. The average Bonchev–Trinajstić information content (AvgIpc) is 2.16. The van der Waals surface area contributed by atoms with E-state index < -0.39 is 17.8 Å². The second-order valence-electron chi connectivity index (χ2n) is 3.72. The van der Waals surface area contributed by atoms with Gasteiger partial charge in [-0.2, -0.15) is 0 Å². The molecule has 0 amide bonds. The molecule has 0 saturated carbocycles. The number of alkyl halides is 2. The largest absolute Gasteiger partial charge is 0.253 e. The summed E-state index contributed by atoms with van der Waals surface area (Å²) in [6, 6.07) is 0. The van der Waals surface area contributed by atoms with Crippen LogP contribution in [0, 0.1) is 11.8 Å². The van der Waals surface area contributed by atoms with Gasteiger partial charge < -0.3 is 0 Å². The van der Waals surface area contributed by atoms with Gasteiger partial charge in [0.2, 0.25) is 0 Å². The van der Waals surface area contributed by atoms with Crippen LogP contribution in [-0.4, -0.2) is 5.92 Å². The van der Waals surface area contributed by atoms with Crippen molar-refractivity contribution in [3.63, 3.8) is 0 Å². The summed E-state index contributed by atoms with van der Waals surface area (Å²) < 4.78 is 26.8. The Morgan fingerprint density at radius 3 is 1.71 bits per heavy atom.